The van der Waals surface area contributed by atoms with Crippen molar-refractivity contribution in [1.82, 2.24) is 25.1 Å². The summed E-state index contributed by atoms with van der Waals surface area (Å²) in [6.07, 6.45) is 4.76. The summed E-state index contributed by atoms with van der Waals surface area (Å²) in [7, 11) is 0. The summed E-state index contributed by atoms with van der Waals surface area (Å²) in [6, 6.07) is 14.1. The first kappa shape index (κ1) is 19.1. The summed E-state index contributed by atoms with van der Waals surface area (Å²) >= 11 is 0. The van der Waals surface area contributed by atoms with Crippen molar-refractivity contribution in [3.63, 3.8) is 0 Å². The van der Waals surface area contributed by atoms with Gasteiger partial charge in [0.1, 0.15) is 5.56 Å². The number of carbonyl (C=O) groups is 2. The van der Waals surface area contributed by atoms with Crippen LogP contribution in [0.2, 0.25) is 0 Å². The van der Waals surface area contributed by atoms with Crippen molar-refractivity contribution in [2.45, 2.75) is 6.54 Å². The Bertz CT molecular complexity index is 1260. The van der Waals surface area contributed by atoms with Crippen LogP contribution in [0.3, 0.4) is 0 Å². The zero-order chi connectivity index (χ0) is 20.9. The van der Waals surface area contributed by atoms with Crippen LogP contribution in [0.4, 0.5) is 5.82 Å². The summed E-state index contributed by atoms with van der Waals surface area (Å²) in [4.78, 5) is 44.1. The van der Waals surface area contributed by atoms with Crippen LogP contribution < -0.4 is 16.1 Å². The van der Waals surface area contributed by atoms with Gasteiger partial charge in [-0.05, 0) is 24.3 Å². The lowest BCUT2D eigenvalue weighted by atomic mass is 10.1. The maximum atomic E-state index is 12.5. The molecule has 0 aliphatic rings. The van der Waals surface area contributed by atoms with Gasteiger partial charge in [0.25, 0.3) is 5.91 Å². The first-order valence-electron chi connectivity index (χ1n) is 9.22. The number of aromatic nitrogens is 4. The minimum absolute atomic E-state index is 0.0545. The number of rotatable bonds is 6. The first-order chi connectivity index (χ1) is 14.6. The molecular weight excluding hydrogens is 384 g/mol. The van der Waals surface area contributed by atoms with Gasteiger partial charge in [-0.3, -0.25) is 24.0 Å². The third-order valence-electron chi connectivity index (χ3n) is 4.40. The van der Waals surface area contributed by atoms with Crippen molar-refractivity contribution in [3.05, 3.63) is 88.6 Å². The van der Waals surface area contributed by atoms with Crippen LogP contribution in [0.25, 0.3) is 10.9 Å². The van der Waals surface area contributed by atoms with Crippen LogP contribution in [0, 0.1) is 0 Å². The van der Waals surface area contributed by atoms with Gasteiger partial charge in [0.05, 0.1) is 18.8 Å². The van der Waals surface area contributed by atoms with E-state index in [2.05, 4.69) is 25.7 Å². The molecule has 0 aliphatic carbocycles. The van der Waals surface area contributed by atoms with Crippen LogP contribution >= 0.6 is 0 Å². The normalized spacial score (nSPS) is 10.7. The second kappa shape index (κ2) is 8.39. The predicted molar refractivity (Wildman–Crippen MR) is 111 cm³/mol. The lowest BCUT2D eigenvalue weighted by Crippen LogP contribution is -2.35. The fourth-order valence-electron chi connectivity index (χ4n) is 2.95. The van der Waals surface area contributed by atoms with Gasteiger partial charge in [-0.2, -0.15) is 5.10 Å². The summed E-state index contributed by atoms with van der Waals surface area (Å²) in [5.74, 6) is -0.727. The molecule has 0 unspecified atom stereocenters. The van der Waals surface area contributed by atoms with Crippen molar-refractivity contribution in [3.8, 4) is 0 Å². The van der Waals surface area contributed by atoms with E-state index in [0.717, 1.165) is 5.69 Å². The number of nitrogens with zero attached hydrogens (tertiary/aromatic N) is 3. The number of anilines is 1. The fourth-order valence-corrected chi connectivity index (χ4v) is 2.95. The molecular formula is C21H18N6O3. The maximum absolute atomic E-state index is 12.5. The van der Waals surface area contributed by atoms with E-state index < -0.39 is 17.2 Å². The Hall–Kier alpha value is -4.27. The average molecular weight is 402 g/mol. The van der Waals surface area contributed by atoms with Crippen molar-refractivity contribution >= 4 is 28.5 Å². The minimum atomic E-state index is -0.627. The maximum Gasteiger partial charge on any atom is 0.257 e. The van der Waals surface area contributed by atoms with Gasteiger partial charge in [-0.25, -0.2) is 0 Å². The standard InChI is InChI=1S/C21H18N6O3/c28-19(25-18-8-10-27(26-18)13-14-5-3-4-9-22-14)12-24-21(30)16-11-23-17-7-2-1-6-15(17)20(16)29/h1-11H,12-13H2,(H,23,29)(H,24,30)(H,25,26,28). The molecule has 1 aromatic carbocycles. The molecule has 9 nitrogen and oxygen atoms in total. The van der Waals surface area contributed by atoms with E-state index in [9.17, 15) is 14.4 Å². The Morgan fingerprint density at radius 2 is 1.90 bits per heavy atom. The van der Waals surface area contributed by atoms with E-state index >= 15 is 0 Å². The Kier molecular flexibility index (Phi) is 5.33. The van der Waals surface area contributed by atoms with Gasteiger partial charge in [0.15, 0.2) is 5.82 Å². The van der Waals surface area contributed by atoms with Crippen molar-refractivity contribution in [2.75, 3.05) is 11.9 Å². The lowest BCUT2D eigenvalue weighted by molar-refractivity contribution is -0.115. The van der Waals surface area contributed by atoms with Gasteiger partial charge < -0.3 is 15.6 Å². The lowest BCUT2D eigenvalue weighted by Gasteiger charge is -2.06. The molecule has 0 atom stereocenters. The van der Waals surface area contributed by atoms with Crippen LogP contribution in [-0.2, 0) is 11.3 Å². The van der Waals surface area contributed by atoms with Crippen molar-refractivity contribution < 1.29 is 9.59 Å². The molecule has 0 radical (unpaired) electrons. The highest BCUT2D eigenvalue weighted by atomic mass is 16.2. The number of para-hydroxylation sites is 1. The molecule has 150 valence electrons. The van der Waals surface area contributed by atoms with E-state index in [1.807, 2.05) is 18.2 Å². The molecule has 0 spiro atoms. The molecule has 0 saturated heterocycles. The predicted octanol–water partition coefficient (Wildman–Crippen LogP) is 1.54. The Morgan fingerprint density at radius 1 is 1.07 bits per heavy atom. The van der Waals surface area contributed by atoms with Gasteiger partial charge in [-0.1, -0.05) is 18.2 Å². The Labute approximate surface area is 170 Å². The SMILES string of the molecule is O=C(CNC(=O)c1c[nH]c2ccccc2c1=O)Nc1ccn(Cc2ccccn2)n1. The van der Waals surface area contributed by atoms with E-state index in [0.29, 0.717) is 23.3 Å². The molecule has 4 rings (SSSR count). The monoisotopic (exact) mass is 402 g/mol. The zero-order valence-electron chi connectivity index (χ0n) is 15.8. The van der Waals surface area contributed by atoms with E-state index in [1.54, 1.807) is 47.4 Å². The molecule has 3 N–H and O–H groups in total. The van der Waals surface area contributed by atoms with Crippen LogP contribution in [-0.4, -0.2) is 38.1 Å². The molecule has 0 bridgehead atoms. The molecule has 3 heterocycles. The Balaban J connectivity index is 1.34. The number of aromatic amines is 1. The second-order valence-electron chi connectivity index (χ2n) is 6.53. The number of hydrogen-bond acceptors (Lipinski definition) is 5. The number of benzene rings is 1. The molecule has 4 aromatic rings. The van der Waals surface area contributed by atoms with Gasteiger partial charge >= 0.3 is 0 Å². The molecule has 3 aromatic heterocycles. The molecule has 0 aliphatic heterocycles. The summed E-state index contributed by atoms with van der Waals surface area (Å²) in [5, 5.41) is 9.73. The van der Waals surface area contributed by atoms with Crippen molar-refractivity contribution in [2.24, 2.45) is 0 Å². The molecule has 30 heavy (non-hydrogen) atoms. The van der Waals surface area contributed by atoms with Crippen molar-refractivity contribution in [1.29, 1.82) is 0 Å². The number of nitrogens with one attached hydrogen (secondary N) is 3. The minimum Gasteiger partial charge on any atom is -0.360 e. The van der Waals surface area contributed by atoms with E-state index in [1.165, 1.54) is 6.20 Å². The number of carbonyl (C=O) groups excluding carboxylic acids is 2. The molecule has 0 saturated carbocycles. The summed E-state index contributed by atoms with van der Waals surface area (Å²) < 4.78 is 1.64. The zero-order valence-corrected chi connectivity index (χ0v) is 15.8. The third kappa shape index (κ3) is 4.25. The average Bonchev–Trinajstić information content (AvgIpc) is 3.20. The number of pyridine rings is 2. The highest BCUT2D eigenvalue weighted by molar-refractivity contribution is 6.00. The number of fused-ring (bicyclic) bond motifs is 1. The van der Waals surface area contributed by atoms with Gasteiger partial charge in [0.2, 0.25) is 11.3 Å². The van der Waals surface area contributed by atoms with E-state index in [-0.39, 0.29) is 12.1 Å². The Morgan fingerprint density at radius 3 is 2.73 bits per heavy atom. The highest BCUT2D eigenvalue weighted by Gasteiger charge is 2.14. The smallest absolute Gasteiger partial charge is 0.257 e. The summed E-state index contributed by atoms with van der Waals surface area (Å²) in [5.41, 5.74) is 1.03. The first-order valence-corrected chi connectivity index (χ1v) is 9.22. The van der Waals surface area contributed by atoms with Gasteiger partial charge in [-0.15, -0.1) is 0 Å². The van der Waals surface area contributed by atoms with Crippen LogP contribution in [0.15, 0.2) is 71.9 Å². The molecule has 9 heteroatoms. The fraction of sp³-hybridized carbons (Fsp3) is 0.0952. The molecule has 2 amide bonds. The van der Waals surface area contributed by atoms with Gasteiger partial charge in [0, 0.05) is 35.6 Å². The highest BCUT2D eigenvalue weighted by Crippen LogP contribution is 2.07. The topological polar surface area (TPSA) is 122 Å². The van der Waals surface area contributed by atoms with Crippen LogP contribution in [0.5, 0.6) is 0 Å². The largest absolute Gasteiger partial charge is 0.360 e. The molecule has 0 fully saturated rings. The number of H-pyrrole nitrogens is 1. The number of hydrogen-bond donors (Lipinski definition) is 3. The second-order valence-corrected chi connectivity index (χ2v) is 6.53. The van der Waals surface area contributed by atoms with E-state index in [4.69, 9.17) is 0 Å². The number of amides is 2. The third-order valence-corrected chi connectivity index (χ3v) is 4.40. The quantitative estimate of drug-likeness (QED) is 0.452. The summed E-state index contributed by atoms with van der Waals surface area (Å²) in [6.45, 7) is 0.177. The van der Waals surface area contributed by atoms with Crippen LogP contribution in [0.1, 0.15) is 16.1 Å².